The second kappa shape index (κ2) is 14.8. The van der Waals surface area contributed by atoms with E-state index in [-0.39, 0.29) is 19.8 Å². The summed E-state index contributed by atoms with van der Waals surface area (Å²) in [6, 6.07) is 0. The van der Waals surface area contributed by atoms with Crippen LogP contribution >= 0.6 is 0 Å². The van der Waals surface area contributed by atoms with Crippen molar-refractivity contribution < 1.29 is 84.1 Å². The summed E-state index contributed by atoms with van der Waals surface area (Å²) in [5.41, 5.74) is 0. The summed E-state index contributed by atoms with van der Waals surface area (Å²) in [6.07, 6.45) is -6.20. The number of aliphatic hydroxyl groups excluding tert-OH is 2. The Morgan fingerprint density at radius 1 is 0.769 bits per heavy atom. The van der Waals surface area contributed by atoms with E-state index in [1.165, 1.54) is 0 Å². The predicted octanol–water partition coefficient (Wildman–Crippen LogP) is -3.61. The molecule has 0 aromatic carbocycles. The van der Waals surface area contributed by atoms with Crippen LogP contribution in [0.15, 0.2) is 0 Å². The molecule has 3 aliphatic heterocycles. The van der Waals surface area contributed by atoms with Crippen molar-refractivity contribution in [3.8, 4) is 0 Å². The largest absolute Gasteiger partial charge is 0.468 e. The van der Waals surface area contributed by atoms with Crippen LogP contribution in [0.4, 0.5) is 0 Å². The van der Waals surface area contributed by atoms with E-state index in [4.69, 9.17) is 24.1 Å². The van der Waals surface area contributed by atoms with Crippen LogP contribution in [0.3, 0.4) is 0 Å². The first-order valence-electron chi connectivity index (χ1n) is 11.1. The molecule has 0 aromatic rings. The number of aliphatic hydroxyl groups is 2. The van der Waals surface area contributed by atoms with Crippen molar-refractivity contribution in [2.45, 2.75) is 37.0 Å². The maximum absolute atomic E-state index is 11.6. The van der Waals surface area contributed by atoms with Crippen LogP contribution in [-0.2, 0) is 75.8 Å². The Kier molecular flexibility index (Phi) is 12.4. The second-order valence-electron chi connectivity index (χ2n) is 7.88. The van der Waals surface area contributed by atoms with Crippen molar-refractivity contribution in [2.75, 3.05) is 54.9 Å². The van der Waals surface area contributed by atoms with Crippen molar-refractivity contribution in [1.29, 1.82) is 0 Å². The van der Waals surface area contributed by atoms with Gasteiger partial charge in [-0.15, -0.1) is 0 Å². The third-order valence-corrected chi connectivity index (χ3v) is 6.39. The van der Waals surface area contributed by atoms with Gasteiger partial charge in [0, 0.05) is 0 Å². The van der Waals surface area contributed by atoms with E-state index in [0.29, 0.717) is 0 Å². The van der Waals surface area contributed by atoms with Gasteiger partial charge < -0.3 is 48.1 Å². The minimum Gasteiger partial charge on any atom is -0.468 e. The summed E-state index contributed by atoms with van der Waals surface area (Å²) < 4.78 is 70.0. The summed E-state index contributed by atoms with van der Waals surface area (Å²) in [6.45, 7) is -1.12. The molecule has 0 spiro atoms. The Hall–Kier alpha value is -2.49. The SMILES string of the molecule is COC(=O)C(C(=O)OC)C1OC[C@@H]2OS(=O)(=O)OC[C@H]2O1.COC(=O)C(C(=O)OC)C1OC[C@H](O)[C@@H](CO)O1. The number of rotatable bonds is 7. The van der Waals surface area contributed by atoms with Crippen molar-refractivity contribution in [3.63, 3.8) is 0 Å². The first kappa shape index (κ1) is 32.7. The molecular weight excluding hydrogens is 560 g/mol. The molecule has 0 aliphatic carbocycles. The van der Waals surface area contributed by atoms with Crippen molar-refractivity contribution >= 4 is 34.3 Å². The third kappa shape index (κ3) is 8.50. The molecule has 3 saturated heterocycles. The van der Waals surface area contributed by atoms with Gasteiger partial charge in [0.25, 0.3) is 0 Å². The molecule has 2 unspecified atom stereocenters. The highest BCUT2D eigenvalue weighted by Crippen LogP contribution is 2.27. The van der Waals surface area contributed by atoms with Crippen LogP contribution in [-0.4, -0.2) is 134 Å². The molecule has 224 valence electrons. The second-order valence-corrected chi connectivity index (χ2v) is 9.12. The molecule has 3 aliphatic rings. The highest BCUT2D eigenvalue weighted by molar-refractivity contribution is 7.81. The molecule has 0 radical (unpaired) electrons. The van der Waals surface area contributed by atoms with Crippen LogP contribution in [0.5, 0.6) is 0 Å². The van der Waals surface area contributed by atoms with Gasteiger partial charge in [-0.05, 0) is 0 Å². The quantitative estimate of drug-likeness (QED) is 0.165. The molecule has 18 nitrogen and oxygen atoms in total. The minimum absolute atomic E-state index is 0.166. The average Bonchev–Trinajstić information content (AvgIpc) is 2.93. The lowest BCUT2D eigenvalue weighted by Gasteiger charge is -2.39. The zero-order chi connectivity index (χ0) is 29.3. The van der Waals surface area contributed by atoms with E-state index in [1.807, 2.05) is 0 Å². The Labute approximate surface area is 222 Å². The van der Waals surface area contributed by atoms with Crippen molar-refractivity contribution in [3.05, 3.63) is 0 Å². The first-order chi connectivity index (χ1) is 18.4. The maximum atomic E-state index is 11.6. The summed E-state index contributed by atoms with van der Waals surface area (Å²) in [5, 5.41) is 18.4. The summed E-state index contributed by atoms with van der Waals surface area (Å²) in [5.74, 6) is -6.40. The molecule has 0 aromatic heterocycles. The number of fused-ring (bicyclic) bond motifs is 1. The molecule has 19 heteroatoms. The summed E-state index contributed by atoms with van der Waals surface area (Å²) in [7, 11) is 0.346. The van der Waals surface area contributed by atoms with Gasteiger partial charge in [0.15, 0.2) is 12.6 Å². The number of methoxy groups -OCH3 is 4. The Morgan fingerprint density at radius 2 is 1.23 bits per heavy atom. The van der Waals surface area contributed by atoms with Gasteiger partial charge in [0.05, 0.1) is 54.9 Å². The zero-order valence-electron chi connectivity index (χ0n) is 21.3. The fourth-order valence-electron chi connectivity index (χ4n) is 3.42. The van der Waals surface area contributed by atoms with E-state index >= 15 is 0 Å². The molecular formula is C20H30O18S. The number of ether oxygens (including phenoxy) is 8. The van der Waals surface area contributed by atoms with Crippen LogP contribution in [0.1, 0.15) is 0 Å². The smallest absolute Gasteiger partial charge is 0.400 e. The molecule has 3 rings (SSSR count). The number of carbonyl (C=O) groups excluding carboxylic acids is 4. The molecule has 0 saturated carbocycles. The molecule has 39 heavy (non-hydrogen) atoms. The average molecular weight is 591 g/mol. The lowest BCUT2D eigenvalue weighted by molar-refractivity contribution is -0.276. The summed E-state index contributed by atoms with van der Waals surface area (Å²) in [4.78, 5) is 46.2. The van der Waals surface area contributed by atoms with Gasteiger partial charge >= 0.3 is 34.3 Å². The van der Waals surface area contributed by atoms with Crippen LogP contribution in [0.25, 0.3) is 0 Å². The predicted molar refractivity (Wildman–Crippen MR) is 117 cm³/mol. The zero-order valence-corrected chi connectivity index (χ0v) is 22.1. The molecule has 0 bridgehead atoms. The molecule has 2 N–H and O–H groups in total. The fraction of sp³-hybridized carbons (Fsp3) is 0.800. The van der Waals surface area contributed by atoms with Crippen LogP contribution < -0.4 is 0 Å². The first-order valence-corrected chi connectivity index (χ1v) is 12.5. The number of esters is 4. The Balaban J connectivity index is 0.000000277. The molecule has 6 atom stereocenters. The topological polar surface area (TPSA) is 235 Å². The van der Waals surface area contributed by atoms with Gasteiger partial charge in [-0.25, -0.2) is 8.37 Å². The summed E-state index contributed by atoms with van der Waals surface area (Å²) >= 11 is 0. The highest BCUT2D eigenvalue weighted by atomic mass is 32.3. The number of hydrogen-bond acceptors (Lipinski definition) is 18. The lowest BCUT2D eigenvalue weighted by Crippen LogP contribution is -2.55. The standard InChI is InChI=1S/C10H14O10S.C10H16O8/c1-15-8(11)7(9(12)16-2)10-17-3-6-5(19-10)4-18-21(13,14)20-6;1-15-8(13)7(9(14)16-2)10-17-4-5(12)6(3-11)18-10/h5-7,10H,3-4H2,1-2H3;5-7,10-12H,3-4H2,1-2H3/t2*5-,6+,10?/m10/s1. The van der Waals surface area contributed by atoms with Crippen LogP contribution in [0.2, 0.25) is 0 Å². The molecule has 0 amide bonds. The number of carbonyl (C=O) groups is 4. The highest BCUT2D eigenvalue weighted by Gasteiger charge is 2.48. The van der Waals surface area contributed by atoms with Gasteiger partial charge in [-0.3, -0.25) is 19.2 Å². The van der Waals surface area contributed by atoms with Crippen molar-refractivity contribution in [2.24, 2.45) is 11.8 Å². The van der Waals surface area contributed by atoms with E-state index in [2.05, 4.69) is 27.3 Å². The molecule has 3 heterocycles. The van der Waals surface area contributed by atoms with Gasteiger partial charge in [-0.1, -0.05) is 0 Å². The van der Waals surface area contributed by atoms with Crippen molar-refractivity contribution in [1.82, 2.24) is 0 Å². The van der Waals surface area contributed by atoms with E-state index in [0.717, 1.165) is 28.4 Å². The van der Waals surface area contributed by atoms with E-state index < -0.39 is 89.7 Å². The van der Waals surface area contributed by atoms with E-state index in [1.54, 1.807) is 0 Å². The lowest BCUT2D eigenvalue weighted by atomic mass is 10.1. The fourth-order valence-corrected chi connectivity index (χ4v) is 4.26. The molecule has 3 fully saturated rings. The Bertz CT molecular complexity index is 936. The normalized spacial score (nSPS) is 29.7. The van der Waals surface area contributed by atoms with Gasteiger partial charge in [0.1, 0.15) is 24.4 Å². The number of hydrogen-bond donors (Lipinski definition) is 2. The third-order valence-electron chi connectivity index (χ3n) is 5.48. The van der Waals surface area contributed by atoms with Gasteiger partial charge in [0.2, 0.25) is 11.8 Å². The minimum atomic E-state index is -4.08. The Morgan fingerprint density at radius 3 is 1.69 bits per heavy atom. The van der Waals surface area contributed by atoms with Gasteiger partial charge in [-0.2, -0.15) is 8.42 Å². The maximum Gasteiger partial charge on any atom is 0.400 e. The van der Waals surface area contributed by atoms with Crippen LogP contribution in [0, 0.1) is 11.8 Å². The van der Waals surface area contributed by atoms with E-state index in [9.17, 15) is 32.7 Å². The monoisotopic (exact) mass is 590 g/mol.